The van der Waals surface area contributed by atoms with Crippen LogP contribution in [0.2, 0.25) is 0 Å². The molecule has 4 N–H and O–H groups in total. The van der Waals surface area contributed by atoms with E-state index in [1.165, 1.54) is 63.4 Å². The highest BCUT2D eigenvalue weighted by Gasteiger charge is 2.28. The number of nitrogens with zero attached hydrogens (tertiary/aromatic N) is 4. The third-order valence-corrected chi connectivity index (χ3v) is 8.05. The maximum absolute atomic E-state index is 12.8. The first kappa shape index (κ1) is 28.7. The fraction of sp³-hybridized carbons (Fsp3) is 0.438. The van der Waals surface area contributed by atoms with Crippen LogP contribution in [0.1, 0.15) is 79.9 Å². The maximum atomic E-state index is 12.8. The quantitative estimate of drug-likeness (QED) is 0.238. The van der Waals surface area contributed by atoms with Gasteiger partial charge in [0.1, 0.15) is 22.8 Å². The molecule has 0 radical (unpaired) electrons. The van der Waals surface area contributed by atoms with Gasteiger partial charge >= 0.3 is 0 Å². The van der Waals surface area contributed by atoms with Gasteiger partial charge in [0.25, 0.3) is 5.91 Å². The van der Waals surface area contributed by atoms with Crippen molar-refractivity contribution in [3.05, 3.63) is 78.1 Å². The Morgan fingerprint density at radius 2 is 1.78 bits per heavy atom. The van der Waals surface area contributed by atoms with Crippen molar-refractivity contribution in [1.82, 2.24) is 25.2 Å². The molecule has 0 bridgehead atoms. The summed E-state index contributed by atoms with van der Waals surface area (Å²) in [6.07, 6.45) is 10.9. The first-order chi connectivity index (χ1) is 19.8. The van der Waals surface area contributed by atoms with E-state index in [4.69, 9.17) is 0 Å². The van der Waals surface area contributed by atoms with Crippen LogP contribution in [0.4, 0.5) is 23.3 Å². The lowest BCUT2D eigenvalue weighted by atomic mass is 9.81. The molecule has 3 aromatic rings. The van der Waals surface area contributed by atoms with Crippen LogP contribution in [0.5, 0.6) is 0 Å². The molecule has 2 fully saturated rings. The van der Waals surface area contributed by atoms with Gasteiger partial charge in [0, 0.05) is 24.5 Å². The van der Waals surface area contributed by atoms with Crippen molar-refractivity contribution in [1.29, 1.82) is 0 Å². The molecule has 1 aliphatic heterocycles. The minimum absolute atomic E-state index is 0.271. The minimum Gasteiger partial charge on any atom is -0.384 e. The van der Waals surface area contributed by atoms with Gasteiger partial charge < -0.3 is 26.0 Å². The fourth-order valence-corrected chi connectivity index (χ4v) is 5.78. The van der Waals surface area contributed by atoms with Crippen molar-refractivity contribution in [3.8, 4) is 0 Å². The fourth-order valence-electron chi connectivity index (χ4n) is 5.78. The lowest BCUT2D eigenvalue weighted by molar-refractivity contribution is 0.0740. The van der Waals surface area contributed by atoms with Crippen molar-refractivity contribution in [2.24, 2.45) is 0 Å². The molecule has 0 unspecified atom stereocenters. The molecule has 2 aliphatic rings. The number of likely N-dealkylation sites (tertiary alicyclic amines) is 1. The Morgan fingerprint density at radius 1 is 1.05 bits per heavy atom. The highest BCUT2D eigenvalue weighted by Crippen LogP contribution is 2.36. The molecular weight excluding hydrogens is 514 g/mol. The van der Waals surface area contributed by atoms with E-state index in [0.29, 0.717) is 35.7 Å². The van der Waals surface area contributed by atoms with Crippen molar-refractivity contribution < 1.29 is 9.90 Å². The van der Waals surface area contributed by atoms with Crippen LogP contribution in [-0.4, -0.2) is 56.5 Å². The van der Waals surface area contributed by atoms with Crippen LogP contribution in [0.15, 0.2) is 61.3 Å². The van der Waals surface area contributed by atoms with Gasteiger partial charge in [0.2, 0.25) is 5.95 Å². The molecule has 9 heteroatoms. The SMILES string of the molecule is C=CCNC(=O)c1cnc(Nc2ccc([C@H]3CC[C@H](N4CCCC4)CC3)cc2)nc1Nc1cccc(C(C)(C)O)n1. The number of carbonyl (C=O) groups excluding carboxylic acids is 1. The monoisotopic (exact) mass is 555 g/mol. The zero-order valence-corrected chi connectivity index (χ0v) is 24.1. The zero-order chi connectivity index (χ0) is 28.8. The molecule has 9 nitrogen and oxygen atoms in total. The van der Waals surface area contributed by atoms with Crippen LogP contribution < -0.4 is 16.0 Å². The van der Waals surface area contributed by atoms with Gasteiger partial charge in [-0.25, -0.2) is 9.97 Å². The highest BCUT2D eigenvalue weighted by molar-refractivity contribution is 5.99. The summed E-state index contributed by atoms with van der Waals surface area (Å²) in [7, 11) is 0. The number of rotatable bonds is 10. The molecule has 1 amide bonds. The smallest absolute Gasteiger partial charge is 0.256 e. The Labute approximate surface area is 242 Å². The number of amides is 1. The molecule has 0 spiro atoms. The Bertz CT molecular complexity index is 1340. The summed E-state index contributed by atoms with van der Waals surface area (Å²) >= 11 is 0. The molecule has 41 heavy (non-hydrogen) atoms. The lowest BCUT2D eigenvalue weighted by Gasteiger charge is -2.34. The van der Waals surface area contributed by atoms with E-state index in [0.717, 1.165) is 11.7 Å². The number of nitrogens with one attached hydrogen (secondary N) is 3. The van der Waals surface area contributed by atoms with Gasteiger partial charge in [-0.2, -0.15) is 4.98 Å². The number of benzene rings is 1. The lowest BCUT2D eigenvalue weighted by Crippen LogP contribution is -2.35. The molecule has 0 atom stereocenters. The van der Waals surface area contributed by atoms with Crippen molar-refractivity contribution in [3.63, 3.8) is 0 Å². The van der Waals surface area contributed by atoms with Crippen molar-refractivity contribution >= 4 is 29.2 Å². The number of aliphatic hydroxyl groups is 1. The van der Waals surface area contributed by atoms with E-state index in [-0.39, 0.29) is 11.5 Å². The van der Waals surface area contributed by atoms with E-state index in [2.05, 4.69) is 66.6 Å². The van der Waals surface area contributed by atoms with E-state index in [1.54, 1.807) is 38.1 Å². The molecule has 1 aromatic carbocycles. The van der Waals surface area contributed by atoms with E-state index in [9.17, 15) is 9.90 Å². The zero-order valence-electron chi connectivity index (χ0n) is 24.1. The minimum atomic E-state index is -1.11. The van der Waals surface area contributed by atoms with Crippen LogP contribution in [0.3, 0.4) is 0 Å². The first-order valence-corrected chi connectivity index (χ1v) is 14.6. The number of anilines is 4. The third kappa shape index (κ3) is 7.28. The van der Waals surface area contributed by atoms with Gasteiger partial charge in [-0.3, -0.25) is 4.79 Å². The molecule has 5 rings (SSSR count). The average Bonchev–Trinajstić information content (AvgIpc) is 3.52. The second-order valence-electron chi connectivity index (χ2n) is 11.5. The van der Waals surface area contributed by atoms with E-state index >= 15 is 0 Å². The largest absolute Gasteiger partial charge is 0.384 e. The van der Waals surface area contributed by atoms with Gasteiger partial charge in [0.05, 0.1) is 5.69 Å². The normalized spacial score (nSPS) is 19.5. The topological polar surface area (TPSA) is 115 Å². The predicted molar refractivity (Wildman–Crippen MR) is 163 cm³/mol. The number of hydrogen-bond acceptors (Lipinski definition) is 8. The summed E-state index contributed by atoms with van der Waals surface area (Å²) in [5.74, 6) is 1.38. The van der Waals surface area contributed by atoms with Gasteiger partial charge in [-0.1, -0.05) is 24.3 Å². The van der Waals surface area contributed by atoms with Crippen LogP contribution in [0, 0.1) is 0 Å². The molecule has 216 valence electrons. The van der Waals surface area contributed by atoms with Crippen molar-refractivity contribution in [2.75, 3.05) is 30.3 Å². The first-order valence-electron chi connectivity index (χ1n) is 14.6. The van der Waals surface area contributed by atoms with E-state index < -0.39 is 5.60 Å². The molecule has 1 saturated heterocycles. The molecule has 1 aliphatic carbocycles. The number of pyridine rings is 1. The molecular formula is C32H41N7O2. The van der Waals surface area contributed by atoms with Gasteiger partial charge in [0.15, 0.2) is 0 Å². The standard InChI is InChI=1S/C32H41N7O2/c1-4-18-33-30(40)26-21-34-31(38-29(26)37-28-9-7-8-27(36-28)32(2,3)41)35-24-14-10-22(11-15-24)23-12-16-25(17-13-23)39-19-5-6-20-39/h4,7-11,14-15,21,23,25,41H,1,5-6,12-13,16-20H2,2-3H3,(H,33,40)(H2,34,35,36,37,38)/t23-,25-. The van der Waals surface area contributed by atoms with Crippen LogP contribution in [-0.2, 0) is 5.60 Å². The molecule has 2 aromatic heterocycles. The third-order valence-electron chi connectivity index (χ3n) is 8.05. The highest BCUT2D eigenvalue weighted by atomic mass is 16.3. The second kappa shape index (κ2) is 12.8. The average molecular weight is 556 g/mol. The summed E-state index contributed by atoms with van der Waals surface area (Å²) in [5.41, 5.74) is 1.91. The summed E-state index contributed by atoms with van der Waals surface area (Å²) in [6, 6.07) is 14.6. The summed E-state index contributed by atoms with van der Waals surface area (Å²) in [5, 5.41) is 19.6. The van der Waals surface area contributed by atoms with Gasteiger partial charge in [-0.05, 0) is 101 Å². The van der Waals surface area contributed by atoms with Crippen LogP contribution >= 0.6 is 0 Å². The van der Waals surface area contributed by atoms with Crippen molar-refractivity contribution in [2.45, 2.75) is 69.9 Å². The van der Waals surface area contributed by atoms with E-state index in [1.807, 2.05) is 0 Å². The number of hydrogen-bond donors (Lipinski definition) is 4. The molecule has 3 heterocycles. The summed E-state index contributed by atoms with van der Waals surface area (Å²) < 4.78 is 0. The van der Waals surface area contributed by atoms with Crippen LogP contribution in [0.25, 0.3) is 0 Å². The second-order valence-corrected chi connectivity index (χ2v) is 11.5. The van der Waals surface area contributed by atoms with Gasteiger partial charge in [-0.15, -0.1) is 6.58 Å². The Kier molecular flexibility index (Phi) is 8.95. The summed E-state index contributed by atoms with van der Waals surface area (Å²) in [4.78, 5) is 29.1. The Hall–Kier alpha value is -3.82. The summed E-state index contributed by atoms with van der Waals surface area (Å²) in [6.45, 7) is 9.87. The Balaban J connectivity index is 1.29. The predicted octanol–water partition coefficient (Wildman–Crippen LogP) is 5.62. The molecule has 1 saturated carbocycles. The Morgan fingerprint density at radius 3 is 2.46 bits per heavy atom. The number of carbonyl (C=O) groups is 1. The number of aromatic nitrogens is 3. The maximum Gasteiger partial charge on any atom is 0.256 e.